The SMILES string of the molecule is CCc1ccccc1N1C(=O)CC(SC(C)C(=O)O)C1=O. The molecule has 21 heavy (non-hydrogen) atoms. The Morgan fingerprint density at radius 3 is 2.71 bits per heavy atom. The van der Waals surface area contributed by atoms with Crippen LogP contribution in [0.3, 0.4) is 0 Å². The van der Waals surface area contributed by atoms with Gasteiger partial charge >= 0.3 is 5.97 Å². The molecule has 5 nitrogen and oxygen atoms in total. The van der Waals surface area contributed by atoms with Crippen molar-refractivity contribution < 1.29 is 19.5 Å². The molecule has 1 aromatic carbocycles. The fraction of sp³-hybridized carbons (Fsp3) is 0.400. The summed E-state index contributed by atoms with van der Waals surface area (Å²) in [5.74, 6) is -1.57. The lowest BCUT2D eigenvalue weighted by molar-refractivity contribution is -0.136. The molecule has 1 aromatic rings. The maximum Gasteiger partial charge on any atom is 0.316 e. The van der Waals surface area contributed by atoms with E-state index >= 15 is 0 Å². The monoisotopic (exact) mass is 307 g/mol. The second kappa shape index (κ2) is 6.30. The van der Waals surface area contributed by atoms with Crippen LogP contribution in [0.5, 0.6) is 0 Å². The summed E-state index contributed by atoms with van der Waals surface area (Å²) in [6.07, 6.45) is 0.774. The second-order valence-corrected chi connectivity index (χ2v) is 6.41. The molecule has 1 fully saturated rings. The van der Waals surface area contributed by atoms with Crippen molar-refractivity contribution >= 4 is 35.2 Å². The largest absolute Gasteiger partial charge is 0.480 e. The Hall–Kier alpha value is -1.82. The molecule has 2 atom stereocenters. The number of carboxylic acids is 1. The first kappa shape index (κ1) is 15.6. The molecule has 1 N–H and O–H groups in total. The molecule has 2 rings (SSSR count). The van der Waals surface area contributed by atoms with Crippen molar-refractivity contribution in [1.29, 1.82) is 0 Å². The number of benzene rings is 1. The van der Waals surface area contributed by atoms with Crippen molar-refractivity contribution in [3.05, 3.63) is 29.8 Å². The number of hydrogen-bond acceptors (Lipinski definition) is 4. The second-order valence-electron chi connectivity index (χ2n) is 4.86. The molecule has 0 aliphatic carbocycles. The van der Waals surface area contributed by atoms with Gasteiger partial charge in [-0.05, 0) is 25.0 Å². The van der Waals surface area contributed by atoms with Crippen molar-refractivity contribution in [2.24, 2.45) is 0 Å². The molecule has 0 radical (unpaired) electrons. The highest BCUT2D eigenvalue weighted by Crippen LogP contribution is 2.33. The van der Waals surface area contributed by atoms with Crippen LogP contribution in [0.25, 0.3) is 0 Å². The summed E-state index contributed by atoms with van der Waals surface area (Å²) in [6.45, 7) is 3.48. The number of amides is 2. The third-order valence-corrected chi connectivity index (χ3v) is 4.74. The quantitative estimate of drug-likeness (QED) is 0.843. The minimum Gasteiger partial charge on any atom is -0.480 e. The summed E-state index contributed by atoms with van der Waals surface area (Å²) in [7, 11) is 0. The summed E-state index contributed by atoms with van der Waals surface area (Å²) in [6, 6.07) is 7.29. The fourth-order valence-electron chi connectivity index (χ4n) is 2.30. The predicted molar refractivity (Wildman–Crippen MR) is 81.4 cm³/mol. The van der Waals surface area contributed by atoms with Crippen molar-refractivity contribution in [3.63, 3.8) is 0 Å². The molecule has 1 aliphatic rings. The maximum absolute atomic E-state index is 12.4. The minimum atomic E-state index is -0.979. The van der Waals surface area contributed by atoms with Gasteiger partial charge in [0.25, 0.3) is 0 Å². The Morgan fingerprint density at radius 2 is 2.10 bits per heavy atom. The Bertz CT molecular complexity index is 587. The van der Waals surface area contributed by atoms with Gasteiger partial charge in [-0.15, -0.1) is 11.8 Å². The van der Waals surface area contributed by atoms with Crippen LogP contribution in [-0.4, -0.2) is 33.4 Å². The van der Waals surface area contributed by atoms with E-state index in [4.69, 9.17) is 5.11 Å². The minimum absolute atomic E-state index is 0.0547. The summed E-state index contributed by atoms with van der Waals surface area (Å²) >= 11 is 1.03. The Labute approximate surface area is 127 Å². The zero-order valence-corrected chi connectivity index (χ0v) is 12.7. The molecule has 6 heteroatoms. The van der Waals surface area contributed by atoms with Gasteiger partial charge in [0.2, 0.25) is 11.8 Å². The van der Waals surface area contributed by atoms with Crippen LogP contribution in [0.1, 0.15) is 25.8 Å². The fourth-order valence-corrected chi connectivity index (χ4v) is 3.37. The number of imide groups is 1. The molecule has 1 aliphatic heterocycles. The molecule has 0 bridgehead atoms. The Morgan fingerprint density at radius 1 is 1.43 bits per heavy atom. The molecular weight excluding hydrogens is 290 g/mol. The van der Waals surface area contributed by atoms with Crippen molar-refractivity contribution in [1.82, 2.24) is 0 Å². The lowest BCUT2D eigenvalue weighted by Crippen LogP contribution is -2.32. The summed E-state index contributed by atoms with van der Waals surface area (Å²) in [5.41, 5.74) is 1.54. The number of anilines is 1. The van der Waals surface area contributed by atoms with Gasteiger partial charge in [0.05, 0.1) is 10.9 Å². The zero-order chi connectivity index (χ0) is 15.6. The number of hydrogen-bond donors (Lipinski definition) is 1. The number of carboxylic acid groups (broad SMARTS) is 1. The highest BCUT2D eigenvalue weighted by molar-refractivity contribution is 8.01. The van der Waals surface area contributed by atoms with Gasteiger partial charge in [-0.3, -0.25) is 14.4 Å². The van der Waals surface area contributed by atoms with E-state index in [-0.39, 0.29) is 18.2 Å². The number of rotatable bonds is 5. The van der Waals surface area contributed by atoms with Gasteiger partial charge in [-0.1, -0.05) is 25.1 Å². The van der Waals surface area contributed by atoms with E-state index in [1.807, 2.05) is 19.1 Å². The number of thioether (sulfide) groups is 1. The molecule has 1 saturated heterocycles. The Balaban J connectivity index is 2.24. The number of nitrogens with zero attached hydrogens (tertiary/aromatic N) is 1. The highest BCUT2D eigenvalue weighted by atomic mass is 32.2. The maximum atomic E-state index is 12.4. The van der Waals surface area contributed by atoms with Crippen LogP contribution in [0.4, 0.5) is 5.69 Å². The van der Waals surface area contributed by atoms with E-state index in [0.717, 1.165) is 23.7 Å². The van der Waals surface area contributed by atoms with Crippen LogP contribution in [0.2, 0.25) is 0 Å². The van der Waals surface area contributed by atoms with Crippen molar-refractivity contribution in [2.45, 2.75) is 37.2 Å². The molecule has 1 heterocycles. The summed E-state index contributed by atoms with van der Waals surface area (Å²) < 4.78 is 0. The third kappa shape index (κ3) is 3.10. The van der Waals surface area contributed by atoms with Crippen LogP contribution >= 0.6 is 11.8 Å². The van der Waals surface area contributed by atoms with Crippen molar-refractivity contribution in [2.75, 3.05) is 4.90 Å². The van der Waals surface area contributed by atoms with E-state index in [0.29, 0.717) is 5.69 Å². The first-order valence-electron chi connectivity index (χ1n) is 6.78. The van der Waals surface area contributed by atoms with Gasteiger partial charge in [0.1, 0.15) is 5.25 Å². The van der Waals surface area contributed by atoms with Gasteiger partial charge in [-0.25, -0.2) is 4.90 Å². The standard InChI is InChI=1S/C15H17NO4S/c1-3-10-6-4-5-7-11(10)16-13(17)8-12(14(16)18)21-9(2)15(19)20/h4-7,9,12H,3,8H2,1-2H3,(H,19,20). The molecule has 0 spiro atoms. The van der Waals surface area contributed by atoms with Gasteiger partial charge in [0.15, 0.2) is 0 Å². The zero-order valence-electron chi connectivity index (χ0n) is 11.9. The number of carbonyl (C=O) groups excluding carboxylic acids is 2. The van der Waals surface area contributed by atoms with E-state index in [1.54, 1.807) is 12.1 Å². The smallest absolute Gasteiger partial charge is 0.316 e. The molecule has 0 aromatic heterocycles. The van der Waals surface area contributed by atoms with E-state index < -0.39 is 16.5 Å². The first-order chi connectivity index (χ1) is 9.95. The molecular formula is C15H17NO4S. The Kier molecular flexibility index (Phi) is 4.67. The molecule has 112 valence electrons. The van der Waals surface area contributed by atoms with Gasteiger partial charge in [0, 0.05) is 6.42 Å². The van der Waals surface area contributed by atoms with Crippen molar-refractivity contribution in [3.8, 4) is 0 Å². The average Bonchev–Trinajstić information content (AvgIpc) is 2.73. The summed E-state index contributed by atoms with van der Waals surface area (Å²) in [5, 5.41) is 7.60. The highest BCUT2D eigenvalue weighted by Gasteiger charge is 2.41. The van der Waals surface area contributed by atoms with E-state index in [9.17, 15) is 14.4 Å². The normalized spacial score (nSPS) is 19.9. The molecule has 2 unspecified atom stereocenters. The lowest BCUT2D eigenvalue weighted by atomic mass is 10.1. The van der Waals surface area contributed by atoms with Crippen LogP contribution in [-0.2, 0) is 20.8 Å². The number of para-hydroxylation sites is 1. The van der Waals surface area contributed by atoms with Crippen LogP contribution in [0, 0.1) is 0 Å². The third-order valence-electron chi connectivity index (χ3n) is 3.43. The topological polar surface area (TPSA) is 74.7 Å². The first-order valence-corrected chi connectivity index (χ1v) is 7.73. The lowest BCUT2D eigenvalue weighted by Gasteiger charge is -2.18. The van der Waals surface area contributed by atoms with Crippen LogP contribution in [0.15, 0.2) is 24.3 Å². The molecule has 0 saturated carbocycles. The van der Waals surface area contributed by atoms with Gasteiger partial charge in [-0.2, -0.15) is 0 Å². The van der Waals surface area contributed by atoms with E-state index in [2.05, 4.69) is 0 Å². The van der Waals surface area contributed by atoms with Crippen LogP contribution < -0.4 is 4.90 Å². The average molecular weight is 307 g/mol. The molecule has 2 amide bonds. The number of aliphatic carboxylic acids is 1. The number of aryl methyl sites for hydroxylation is 1. The van der Waals surface area contributed by atoms with Gasteiger partial charge < -0.3 is 5.11 Å². The number of carbonyl (C=O) groups is 3. The predicted octanol–water partition coefficient (Wildman–Crippen LogP) is 2.09. The van der Waals surface area contributed by atoms with E-state index in [1.165, 1.54) is 11.8 Å². The summed E-state index contributed by atoms with van der Waals surface area (Å²) in [4.78, 5) is 36.7.